The third-order valence-electron chi connectivity index (χ3n) is 7.28. The van der Waals surface area contributed by atoms with Crippen LogP contribution in [0.15, 0.2) is 83.0 Å². The molecule has 0 saturated heterocycles. The second-order valence-electron chi connectivity index (χ2n) is 10.7. The van der Waals surface area contributed by atoms with Gasteiger partial charge in [-0.25, -0.2) is 0 Å². The van der Waals surface area contributed by atoms with E-state index in [-0.39, 0.29) is 35.6 Å². The Kier molecular flexibility index (Phi) is 7.21. The number of nitrogens with one attached hydrogen (secondary N) is 1. The van der Waals surface area contributed by atoms with Gasteiger partial charge in [-0.05, 0) is 67.9 Å². The lowest BCUT2D eigenvalue weighted by Crippen LogP contribution is -2.42. The number of aryl methyl sites for hydroxylation is 2. The molecule has 3 atom stereocenters. The van der Waals surface area contributed by atoms with Crippen molar-refractivity contribution >= 4 is 17.5 Å². The number of allylic oxidation sites excluding steroid dienone is 2. The van der Waals surface area contributed by atoms with Crippen molar-refractivity contribution in [3.8, 4) is 0 Å². The van der Waals surface area contributed by atoms with Gasteiger partial charge in [0.1, 0.15) is 11.8 Å². The number of carbonyl (C=O) groups is 2. The summed E-state index contributed by atoms with van der Waals surface area (Å²) < 4.78 is 5.64. The van der Waals surface area contributed by atoms with E-state index in [0.717, 1.165) is 22.4 Å². The summed E-state index contributed by atoms with van der Waals surface area (Å²) in [6, 6.07) is 18.3. The molecule has 5 nitrogen and oxygen atoms in total. The molecule has 1 aliphatic rings. The van der Waals surface area contributed by atoms with Gasteiger partial charge in [0.05, 0.1) is 18.7 Å². The van der Waals surface area contributed by atoms with Gasteiger partial charge < -0.3 is 14.6 Å². The Balaban J connectivity index is 1.76. The molecule has 3 aromatic rings. The molecule has 0 unspecified atom stereocenters. The molecule has 36 heavy (non-hydrogen) atoms. The lowest BCUT2D eigenvalue weighted by atomic mass is 10.0. The van der Waals surface area contributed by atoms with E-state index >= 15 is 0 Å². The average Bonchev–Trinajstić information content (AvgIpc) is 3.14. The Morgan fingerprint density at radius 2 is 1.67 bits per heavy atom. The SMILES string of the molecule is CC(C)=C[C@@H]1[C@H](C(=O)N(Cc2ccco2)[C@@H](C(=O)Nc2c(C)cccc2C)c2ccccc2)C1(C)C. The van der Waals surface area contributed by atoms with Gasteiger partial charge in [0, 0.05) is 5.69 Å². The standard InChI is InChI=1S/C31H36N2O3/c1-20(2)18-25-26(31(25,5)6)30(35)33(19-24-16-11-17-36-24)28(23-14-8-7-9-15-23)29(34)32-27-21(3)12-10-13-22(27)4/h7-18,25-26,28H,19H2,1-6H3,(H,32,34)/t25-,26-,28-/m1/s1. The molecule has 0 bridgehead atoms. The zero-order chi connectivity index (χ0) is 26.0. The summed E-state index contributed by atoms with van der Waals surface area (Å²) >= 11 is 0. The summed E-state index contributed by atoms with van der Waals surface area (Å²) in [5.41, 5.74) is 4.51. The van der Waals surface area contributed by atoms with Crippen molar-refractivity contribution in [1.82, 2.24) is 4.90 Å². The molecule has 1 aromatic heterocycles. The number of benzene rings is 2. The quantitative estimate of drug-likeness (QED) is 0.356. The topological polar surface area (TPSA) is 62.6 Å². The number of para-hydroxylation sites is 1. The number of carbonyl (C=O) groups excluding carboxylic acids is 2. The largest absolute Gasteiger partial charge is 0.467 e. The van der Waals surface area contributed by atoms with Crippen LogP contribution in [0.3, 0.4) is 0 Å². The van der Waals surface area contributed by atoms with Gasteiger partial charge in [-0.15, -0.1) is 0 Å². The summed E-state index contributed by atoms with van der Waals surface area (Å²) in [7, 11) is 0. The Morgan fingerprint density at radius 3 is 2.25 bits per heavy atom. The zero-order valence-electron chi connectivity index (χ0n) is 22.0. The van der Waals surface area contributed by atoms with Crippen LogP contribution >= 0.6 is 0 Å². The molecule has 1 saturated carbocycles. The van der Waals surface area contributed by atoms with Gasteiger partial charge in [-0.2, -0.15) is 0 Å². The molecule has 0 aliphatic heterocycles. The van der Waals surface area contributed by atoms with E-state index in [1.54, 1.807) is 17.2 Å². The van der Waals surface area contributed by atoms with Crippen LogP contribution in [0, 0.1) is 31.1 Å². The van der Waals surface area contributed by atoms with Gasteiger partial charge in [0.2, 0.25) is 5.91 Å². The van der Waals surface area contributed by atoms with E-state index in [1.807, 2.05) is 68.4 Å². The fraction of sp³-hybridized carbons (Fsp3) is 0.355. The maximum atomic E-state index is 14.2. The lowest BCUT2D eigenvalue weighted by Gasteiger charge is -2.32. The van der Waals surface area contributed by atoms with Gasteiger partial charge in [0.15, 0.2) is 0 Å². The molecule has 1 N–H and O–H groups in total. The van der Waals surface area contributed by atoms with E-state index in [0.29, 0.717) is 5.76 Å². The summed E-state index contributed by atoms with van der Waals surface area (Å²) in [4.78, 5) is 29.9. The number of nitrogens with zero attached hydrogens (tertiary/aromatic N) is 1. The molecule has 188 valence electrons. The Labute approximate surface area is 214 Å². The van der Waals surface area contributed by atoms with Gasteiger partial charge >= 0.3 is 0 Å². The number of anilines is 1. The smallest absolute Gasteiger partial charge is 0.251 e. The highest BCUT2D eigenvalue weighted by molar-refractivity contribution is 5.99. The zero-order valence-corrected chi connectivity index (χ0v) is 22.0. The van der Waals surface area contributed by atoms with Crippen LogP contribution in [0.4, 0.5) is 5.69 Å². The first kappa shape index (κ1) is 25.5. The number of amides is 2. The molecular weight excluding hydrogens is 448 g/mol. The lowest BCUT2D eigenvalue weighted by molar-refractivity contribution is -0.142. The van der Waals surface area contributed by atoms with E-state index in [4.69, 9.17) is 4.42 Å². The highest BCUT2D eigenvalue weighted by Gasteiger charge is 2.62. The summed E-state index contributed by atoms with van der Waals surface area (Å²) in [6.45, 7) is 12.5. The fourth-order valence-corrected chi connectivity index (χ4v) is 5.18. The minimum Gasteiger partial charge on any atom is -0.467 e. The second kappa shape index (κ2) is 10.2. The third kappa shape index (κ3) is 5.15. The summed E-state index contributed by atoms with van der Waals surface area (Å²) in [5.74, 6) is 0.287. The highest BCUT2D eigenvalue weighted by atomic mass is 16.3. The van der Waals surface area contributed by atoms with Crippen LogP contribution in [0.25, 0.3) is 0 Å². The van der Waals surface area contributed by atoms with Crippen LogP contribution in [-0.2, 0) is 16.1 Å². The number of hydrogen-bond donors (Lipinski definition) is 1. The number of rotatable bonds is 8. The molecule has 2 amide bonds. The first-order valence-corrected chi connectivity index (χ1v) is 12.5. The monoisotopic (exact) mass is 484 g/mol. The molecule has 2 aromatic carbocycles. The summed E-state index contributed by atoms with van der Waals surface area (Å²) in [6.07, 6.45) is 3.78. The van der Waals surface area contributed by atoms with E-state index in [1.165, 1.54) is 5.57 Å². The predicted molar refractivity (Wildman–Crippen MR) is 143 cm³/mol. The Hall–Kier alpha value is -3.60. The number of hydrogen-bond acceptors (Lipinski definition) is 3. The van der Waals surface area contributed by atoms with Gasteiger partial charge in [-0.3, -0.25) is 9.59 Å². The van der Waals surface area contributed by atoms with Crippen LogP contribution in [-0.4, -0.2) is 16.7 Å². The van der Waals surface area contributed by atoms with Crippen LogP contribution in [0.5, 0.6) is 0 Å². The molecule has 1 aliphatic carbocycles. The van der Waals surface area contributed by atoms with Gasteiger partial charge in [-0.1, -0.05) is 74.0 Å². The molecule has 1 heterocycles. The predicted octanol–water partition coefficient (Wildman–Crippen LogP) is 6.84. The van der Waals surface area contributed by atoms with E-state index in [9.17, 15) is 9.59 Å². The maximum Gasteiger partial charge on any atom is 0.251 e. The Bertz CT molecular complexity index is 1230. The summed E-state index contributed by atoms with van der Waals surface area (Å²) in [5, 5.41) is 3.14. The molecule has 0 spiro atoms. The maximum absolute atomic E-state index is 14.2. The molecular formula is C31H36N2O3. The average molecular weight is 485 g/mol. The first-order chi connectivity index (χ1) is 17.1. The molecule has 4 rings (SSSR count). The van der Waals surface area contributed by atoms with Crippen molar-refractivity contribution in [2.24, 2.45) is 17.3 Å². The molecule has 5 heteroatoms. The van der Waals surface area contributed by atoms with E-state index < -0.39 is 6.04 Å². The Morgan fingerprint density at radius 1 is 1.00 bits per heavy atom. The molecule has 1 fully saturated rings. The van der Waals surface area contributed by atoms with Crippen LogP contribution in [0.1, 0.15) is 56.2 Å². The molecule has 0 radical (unpaired) electrons. The minimum absolute atomic E-state index is 0.0376. The fourth-order valence-electron chi connectivity index (χ4n) is 5.18. The van der Waals surface area contributed by atoms with E-state index in [2.05, 4.69) is 39.1 Å². The van der Waals surface area contributed by atoms with Crippen molar-refractivity contribution < 1.29 is 14.0 Å². The van der Waals surface area contributed by atoms with Crippen LogP contribution < -0.4 is 5.32 Å². The van der Waals surface area contributed by atoms with Crippen LogP contribution in [0.2, 0.25) is 0 Å². The van der Waals surface area contributed by atoms with Crippen molar-refractivity contribution in [2.45, 2.75) is 54.1 Å². The second-order valence-corrected chi connectivity index (χ2v) is 10.7. The third-order valence-corrected chi connectivity index (χ3v) is 7.28. The van der Waals surface area contributed by atoms with Crippen molar-refractivity contribution in [3.05, 3.63) is 101 Å². The van der Waals surface area contributed by atoms with Crippen molar-refractivity contribution in [1.29, 1.82) is 0 Å². The first-order valence-electron chi connectivity index (χ1n) is 12.5. The van der Waals surface area contributed by atoms with Crippen molar-refractivity contribution in [3.63, 3.8) is 0 Å². The highest BCUT2D eigenvalue weighted by Crippen LogP contribution is 2.60. The van der Waals surface area contributed by atoms with Gasteiger partial charge in [0.25, 0.3) is 5.91 Å². The van der Waals surface area contributed by atoms with Crippen molar-refractivity contribution in [2.75, 3.05) is 5.32 Å². The minimum atomic E-state index is -0.813. The number of furan rings is 1. The normalized spacial score (nSPS) is 18.7.